The van der Waals surface area contributed by atoms with Crippen molar-refractivity contribution in [1.82, 2.24) is 15.2 Å². The Labute approximate surface area is 194 Å². The van der Waals surface area contributed by atoms with Crippen molar-refractivity contribution >= 4 is 17.4 Å². The fraction of sp³-hybridized carbons (Fsp3) is 0.423. The molecule has 4 rings (SSSR count). The number of pyridine rings is 1. The molecule has 0 saturated heterocycles. The number of aryl methyl sites for hydroxylation is 1. The molecule has 2 aliphatic heterocycles. The van der Waals surface area contributed by atoms with Gasteiger partial charge in [-0.3, -0.25) is 14.6 Å². The predicted octanol–water partition coefficient (Wildman–Crippen LogP) is 3.48. The van der Waals surface area contributed by atoms with Crippen LogP contribution in [0.15, 0.2) is 42.7 Å². The van der Waals surface area contributed by atoms with Crippen LogP contribution in [0.5, 0.6) is 5.75 Å². The standard InChI is InChI=1S/C26H31N3O4/c1-6-27-23(30)12-22-24-16(3)26(31)29(4)14-20(24)18-9-8-17(32-5)11-19(18)25(33-22)21-10-7-15(2)13-28-21/h7-11,13-14,16,22,24-25H,6,12H2,1-5H3,(H,27,30)/t16-,22+,24?,25-/m1/s1. The fourth-order valence-corrected chi connectivity index (χ4v) is 4.84. The van der Waals surface area contributed by atoms with Gasteiger partial charge in [-0.2, -0.15) is 0 Å². The van der Waals surface area contributed by atoms with E-state index < -0.39 is 12.2 Å². The highest BCUT2D eigenvalue weighted by Gasteiger charge is 2.45. The van der Waals surface area contributed by atoms with Gasteiger partial charge in [0.2, 0.25) is 11.8 Å². The summed E-state index contributed by atoms with van der Waals surface area (Å²) in [5, 5.41) is 2.88. The number of carbonyl (C=O) groups is 2. The molecule has 2 amide bonds. The Morgan fingerprint density at radius 2 is 2.06 bits per heavy atom. The number of fused-ring (bicyclic) bond motifs is 3. The number of aromatic nitrogens is 1. The third kappa shape index (κ3) is 4.37. The van der Waals surface area contributed by atoms with E-state index in [1.807, 2.05) is 63.5 Å². The lowest BCUT2D eigenvalue weighted by Crippen LogP contribution is -2.44. The Morgan fingerprint density at radius 1 is 1.27 bits per heavy atom. The Kier molecular flexibility index (Phi) is 6.51. The summed E-state index contributed by atoms with van der Waals surface area (Å²) in [7, 11) is 3.41. The van der Waals surface area contributed by atoms with Gasteiger partial charge in [-0.25, -0.2) is 0 Å². The van der Waals surface area contributed by atoms with E-state index >= 15 is 0 Å². The van der Waals surface area contributed by atoms with Gasteiger partial charge in [-0.05, 0) is 54.3 Å². The van der Waals surface area contributed by atoms with Crippen molar-refractivity contribution in [2.75, 3.05) is 20.7 Å². The molecule has 2 aliphatic rings. The van der Waals surface area contributed by atoms with Gasteiger partial charge in [-0.15, -0.1) is 0 Å². The van der Waals surface area contributed by atoms with Gasteiger partial charge in [0.15, 0.2) is 0 Å². The van der Waals surface area contributed by atoms with Gasteiger partial charge in [0.1, 0.15) is 11.9 Å². The zero-order chi connectivity index (χ0) is 23.7. The Hall–Kier alpha value is -3.19. The first-order chi connectivity index (χ1) is 15.8. The molecule has 0 radical (unpaired) electrons. The van der Waals surface area contributed by atoms with Crippen LogP contribution in [-0.2, 0) is 14.3 Å². The van der Waals surface area contributed by atoms with Crippen molar-refractivity contribution in [3.05, 3.63) is 65.1 Å². The van der Waals surface area contributed by atoms with Crippen LogP contribution in [0.2, 0.25) is 0 Å². The summed E-state index contributed by atoms with van der Waals surface area (Å²) in [6, 6.07) is 9.86. The summed E-state index contributed by atoms with van der Waals surface area (Å²) in [6.45, 7) is 6.33. The zero-order valence-corrected chi connectivity index (χ0v) is 19.8. The second-order valence-corrected chi connectivity index (χ2v) is 8.77. The molecular formula is C26H31N3O4. The van der Waals surface area contributed by atoms with Crippen LogP contribution >= 0.6 is 0 Å². The van der Waals surface area contributed by atoms with E-state index in [0.29, 0.717) is 12.3 Å². The third-order valence-electron chi connectivity index (χ3n) is 6.49. The van der Waals surface area contributed by atoms with E-state index in [0.717, 1.165) is 28.0 Å². The van der Waals surface area contributed by atoms with Crippen molar-refractivity contribution < 1.29 is 19.1 Å². The van der Waals surface area contributed by atoms with Crippen molar-refractivity contribution in [3.63, 3.8) is 0 Å². The van der Waals surface area contributed by atoms with Crippen molar-refractivity contribution in [1.29, 1.82) is 0 Å². The molecule has 0 spiro atoms. The normalized spacial score (nSPS) is 24.3. The van der Waals surface area contributed by atoms with Crippen LogP contribution in [0.3, 0.4) is 0 Å². The quantitative estimate of drug-likeness (QED) is 0.756. The first-order valence-electron chi connectivity index (χ1n) is 11.4. The van der Waals surface area contributed by atoms with E-state index in [4.69, 9.17) is 9.47 Å². The van der Waals surface area contributed by atoms with E-state index in [2.05, 4.69) is 10.3 Å². The maximum atomic E-state index is 12.9. The highest BCUT2D eigenvalue weighted by atomic mass is 16.5. The molecule has 1 N–H and O–H groups in total. The minimum absolute atomic E-state index is 0.00947. The summed E-state index contributed by atoms with van der Waals surface area (Å²) in [6.07, 6.45) is 2.85. The summed E-state index contributed by atoms with van der Waals surface area (Å²) >= 11 is 0. The average molecular weight is 450 g/mol. The van der Waals surface area contributed by atoms with Crippen molar-refractivity contribution in [2.45, 2.75) is 39.4 Å². The molecule has 1 unspecified atom stereocenters. The summed E-state index contributed by atoms with van der Waals surface area (Å²) in [5.74, 6) is 0.0184. The lowest BCUT2D eigenvalue weighted by molar-refractivity contribution is -0.138. The van der Waals surface area contributed by atoms with Gasteiger partial charge < -0.3 is 19.7 Å². The van der Waals surface area contributed by atoms with Crippen LogP contribution in [-0.4, -0.2) is 48.5 Å². The monoisotopic (exact) mass is 449 g/mol. The predicted molar refractivity (Wildman–Crippen MR) is 125 cm³/mol. The number of ether oxygens (including phenoxy) is 2. The van der Waals surface area contributed by atoms with Crippen LogP contribution in [0.25, 0.3) is 5.57 Å². The molecule has 1 aromatic carbocycles. The van der Waals surface area contributed by atoms with Crippen LogP contribution in [0.4, 0.5) is 0 Å². The summed E-state index contributed by atoms with van der Waals surface area (Å²) in [5.41, 5.74) is 4.69. The largest absolute Gasteiger partial charge is 0.497 e. The second kappa shape index (κ2) is 9.35. The molecule has 0 saturated carbocycles. The van der Waals surface area contributed by atoms with Crippen molar-refractivity contribution in [3.8, 4) is 5.75 Å². The van der Waals surface area contributed by atoms with E-state index in [9.17, 15) is 9.59 Å². The molecule has 3 heterocycles. The topological polar surface area (TPSA) is 80.8 Å². The van der Waals surface area contributed by atoms with Crippen LogP contribution in [0, 0.1) is 18.8 Å². The van der Waals surface area contributed by atoms with Gasteiger partial charge in [0, 0.05) is 37.8 Å². The number of methoxy groups -OCH3 is 1. The lowest BCUT2D eigenvalue weighted by Gasteiger charge is -2.37. The highest BCUT2D eigenvalue weighted by Crippen LogP contribution is 2.47. The number of hydrogen-bond acceptors (Lipinski definition) is 5. The van der Waals surface area contributed by atoms with Gasteiger partial charge in [-0.1, -0.05) is 19.1 Å². The maximum absolute atomic E-state index is 12.9. The molecule has 0 bridgehead atoms. The molecule has 174 valence electrons. The number of nitrogens with zero attached hydrogens (tertiary/aromatic N) is 2. The number of nitrogens with one attached hydrogen (secondary N) is 1. The smallest absolute Gasteiger partial charge is 0.229 e. The number of carbonyl (C=O) groups excluding carboxylic acids is 2. The Bertz CT molecular complexity index is 1080. The number of rotatable bonds is 5. The molecule has 2 aromatic rings. The number of benzene rings is 1. The van der Waals surface area contributed by atoms with Crippen molar-refractivity contribution in [2.24, 2.45) is 11.8 Å². The molecule has 4 atom stereocenters. The van der Waals surface area contributed by atoms with E-state index in [1.54, 1.807) is 19.1 Å². The molecule has 7 heteroatoms. The Balaban J connectivity index is 1.91. The molecular weight excluding hydrogens is 418 g/mol. The molecule has 1 aromatic heterocycles. The summed E-state index contributed by atoms with van der Waals surface area (Å²) < 4.78 is 12.2. The first-order valence-corrected chi connectivity index (χ1v) is 11.4. The molecule has 7 nitrogen and oxygen atoms in total. The number of amides is 2. The zero-order valence-electron chi connectivity index (χ0n) is 19.8. The lowest BCUT2D eigenvalue weighted by atomic mass is 9.76. The minimum Gasteiger partial charge on any atom is -0.497 e. The minimum atomic E-state index is -0.505. The van der Waals surface area contributed by atoms with Gasteiger partial charge in [0.25, 0.3) is 0 Å². The third-order valence-corrected chi connectivity index (χ3v) is 6.49. The summed E-state index contributed by atoms with van der Waals surface area (Å²) in [4.78, 5) is 31.9. The number of hydrogen-bond donors (Lipinski definition) is 1. The highest BCUT2D eigenvalue weighted by molar-refractivity contribution is 5.89. The second-order valence-electron chi connectivity index (χ2n) is 8.77. The maximum Gasteiger partial charge on any atom is 0.229 e. The SMILES string of the molecule is CCNC(=O)C[C@@H]1O[C@@H](c2ccc(C)cn2)c2cc(OC)ccc2C2=CN(C)C(=O)[C@H](C)C21. The molecule has 33 heavy (non-hydrogen) atoms. The first kappa shape index (κ1) is 23.0. The van der Waals surface area contributed by atoms with Crippen LogP contribution in [0.1, 0.15) is 48.8 Å². The van der Waals surface area contributed by atoms with E-state index in [1.165, 1.54) is 0 Å². The van der Waals surface area contributed by atoms with Gasteiger partial charge in [0.05, 0.1) is 25.3 Å². The van der Waals surface area contributed by atoms with Gasteiger partial charge >= 0.3 is 0 Å². The fourth-order valence-electron chi connectivity index (χ4n) is 4.84. The average Bonchev–Trinajstić information content (AvgIpc) is 2.93. The molecule has 0 fully saturated rings. The molecule has 0 aliphatic carbocycles. The Morgan fingerprint density at radius 3 is 2.73 bits per heavy atom. The van der Waals surface area contributed by atoms with E-state index in [-0.39, 0.29) is 30.1 Å². The van der Waals surface area contributed by atoms with Crippen LogP contribution < -0.4 is 10.1 Å².